The van der Waals surface area contributed by atoms with E-state index in [2.05, 4.69) is 0 Å². The lowest BCUT2D eigenvalue weighted by molar-refractivity contribution is -0.271. The number of carbonyl (C=O) groups is 1. The Morgan fingerprint density at radius 3 is 2.38 bits per heavy atom. The Bertz CT molecular complexity index is 869. The molecular formula is C20H22O9. The van der Waals surface area contributed by atoms with E-state index in [1.807, 2.05) is 0 Å². The zero-order valence-electron chi connectivity index (χ0n) is 15.3. The number of carboxylic acids is 1. The number of aryl methyl sites for hydroxylation is 2. The van der Waals surface area contributed by atoms with E-state index < -0.39 is 36.7 Å². The lowest BCUT2D eigenvalue weighted by Crippen LogP contribution is -2.61. The molecule has 29 heavy (non-hydrogen) atoms. The minimum Gasteiger partial charge on any atom is -0.508 e. The van der Waals surface area contributed by atoms with Gasteiger partial charge in [0, 0.05) is 6.07 Å². The average Bonchev–Trinajstić information content (AvgIpc) is 2.67. The van der Waals surface area contributed by atoms with E-state index in [9.17, 15) is 30.3 Å². The van der Waals surface area contributed by atoms with Crippen LogP contribution in [0.2, 0.25) is 0 Å². The summed E-state index contributed by atoms with van der Waals surface area (Å²) in [6.07, 6.45) is -7.71. The van der Waals surface area contributed by atoms with Crippen molar-refractivity contribution in [2.75, 3.05) is 0 Å². The van der Waals surface area contributed by atoms with Crippen molar-refractivity contribution in [1.29, 1.82) is 0 Å². The van der Waals surface area contributed by atoms with Crippen LogP contribution in [0.15, 0.2) is 42.5 Å². The molecule has 1 heterocycles. The summed E-state index contributed by atoms with van der Waals surface area (Å²) in [4.78, 5) is 11.2. The highest BCUT2D eigenvalue weighted by molar-refractivity contribution is 5.73. The second kappa shape index (κ2) is 8.66. The molecule has 0 aromatic heterocycles. The topological polar surface area (TPSA) is 157 Å². The highest BCUT2D eigenvalue weighted by atomic mass is 16.7. The largest absolute Gasteiger partial charge is 0.508 e. The number of phenolic OH excluding ortho intramolecular Hbond substituents is 2. The Morgan fingerprint density at radius 2 is 1.69 bits per heavy atom. The molecule has 5 unspecified atom stereocenters. The van der Waals surface area contributed by atoms with Crippen molar-refractivity contribution in [1.82, 2.24) is 0 Å². The number of ether oxygens (including phenoxy) is 2. The zero-order chi connectivity index (χ0) is 21.1. The molecule has 3 rings (SSSR count). The summed E-state index contributed by atoms with van der Waals surface area (Å²) in [7, 11) is 0. The summed E-state index contributed by atoms with van der Waals surface area (Å²) in [5, 5.41) is 58.5. The maximum atomic E-state index is 11.2. The number of aliphatic hydroxyl groups excluding tert-OH is 3. The van der Waals surface area contributed by atoms with Gasteiger partial charge < -0.3 is 40.1 Å². The number of carboxylic acid groups (broad SMARTS) is 1. The molecule has 2 aromatic rings. The Labute approximate surface area is 166 Å². The van der Waals surface area contributed by atoms with E-state index in [4.69, 9.17) is 14.6 Å². The molecule has 0 radical (unpaired) electrons. The minimum atomic E-state index is -1.82. The van der Waals surface area contributed by atoms with Crippen LogP contribution in [-0.2, 0) is 22.4 Å². The number of benzene rings is 2. The summed E-state index contributed by atoms with van der Waals surface area (Å²) in [6.45, 7) is 0. The molecule has 2 aromatic carbocycles. The molecule has 0 amide bonds. The molecule has 9 nitrogen and oxygen atoms in total. The van der Waals surface area contributed by atoms with Crippen molar-refractivity contribution in [3.63, 3.8) is 0 Å². The van der Waals surface area contributed by atoms with Crippen LogP contribution < -0.4 is 4.74 Å². The van der Waals surface area contributed by atoms with Crippen molar-refractivity contribution in [2.24, 2.45) is 0 Å². The van der Waals surface area contributed by atoms with Crippen molar-refractivity contribution >= 4 is 5.97 Å². The molecular weight excluding hydrogens is 384 g/mol. The second-order valence-electron chi connectivity index (χ2n) is 6.82. The molecule has 6 N–H and O–H groups in total. The molecule has 5 atom stereocenters. The highest BCUT2D eigenvalue weighted by Crippen LogP contribution is 2.28. The van der Waals surface area contributed by atoms with Crippen LogP contribution in [0.5, 0.6) is 17.2 Å². The predicted octanol–water partition coefficient (Wildman–Crippen LogP) is 0.154. The van der Waals surface area contributed by atoms with Crippen LogP contribution in [0.25, 0.3) is 0 Å². The first kappa shape index (κ1) is 20.9. The molecule has 1 saturated heterocycles. The van der Waals surface area contributed by atoms with Crippen LogP contribution in [0.4, 0.5) is 0 Å². The lowest BCUT2D eigenvalue weighted by Gasteiger charge is -2.38. The van der Waals surface area contributed by atoms with Crippen LogP contribution in [-0.4, -0.2) is 67.3 Å². The standard InChI is InChI=1S/C20H22O9/c21-12-7-10(5-6-11-3-1-2-4-14(11)22)8-13(9-12)28-20-17(25)15(23)16(24)18(29-20)19(26)27/h1-4,7-9,15-18,20-25H,5-6H2,(H,26,27). The number of phenols is 2. The number of hydrogen-bond donors (Lipinski definition) is 6. The first-order valence-corrected chi connectivity index (χ1v) is 8.95. The highest BCUT2D eigenvalue weighted by Gasteiger charge is 2.48. The van der Waals surface area contributed by atoms with Crippen molar-refractivity contribution in [2.45, 2.75) is 43.5 Å². The molecule has 1 aliphatic heterocycles. The van der Waals surface area contributed by atoms with Gasteiger partial charge >= 0.3 is 5.97 Å². The molecule has 156 valence electrons. The Balaban J connectivity index is 1.74. The normalized spacial score (nSPS) is 26.8. The summed E-state index contributed by atoms with van der Waals surface area (Å²) in [6, 6.07) is 11.2. The number of para-hydroxylation sites is 1. The van der Waals surface area contributed by atoms with E-state index in [0.29, 0.717) is 18.4 Å². The van der Waals surface area contributed by atoms with Gasteiger partial charge in [-0.15, -0.1) is 0 Å². The summed E-state index contributed by atoms with van der Waals surface area (Å²) >= 11 is 0. The van der Waals surface area contributed by atoms with E-state index in [-0.39, 0.29) is 17.2 Å². The fraction of sp³-hybridized carbons (Fsp3) is 0.350. The van der Waals surface area contributed by atoms with Gasteiger partial charge in [-0.05, 0) is 42.2 Å². The first-order valence-electron chi connectivity index (χ1n) is 8.95. The van der Waals surface area contributed by atoms with E-state index in [1.165, 1.54) is 12.1 Å². The molecule has 1 fully saturated rings. The van der Waals surface area contributed by atoms with E-state index in [1.54, 1.807) is 30.3 Å². The van der Waals surface area contributed by atoms with Gasteiger partial charge in [0.05, 0.1) is 0 Å². The fourth-order valence-corrected chi connectivity index (χ4v) is 3.14. The quantitative estimate of drug-likeness (QED) is 0.393. The average molecular weight is 406 g/mol. The van der Waals surface area contributed by atoms with Crippen molar-refractivity contribution in [3.05, 3.63) is 53.6 Å². The van der Waals surface area contributed by atoms with E-state index in [0.717, 1.165) is 5.56 Å². The SMILES string of the molecule is O=C(O)C1OC(Oc2cc(O)cc(CCc3ccccc3O)c2)C(O)C(O)C1O. The number of aliphatic carboxylic acids is 1. The third-order valence-electron chi connectivity index (χ3n) is 4.69. The first-order chi connectivity index (χ1) is 13.8. The van der Waals surface area contributed by atoms with Gasteiger partial charge in [-0.2, -0.15) is 0 Å². The summed E-state index contributed by atoms with van der Waals surface area (Å²) < 4.78 is 10.5. The molecule has 9 heteroatoms. The molecule has 0 spiro atoms. The number of rotatable bonds is 6. The van der Waals surface area contributed by atoms with Crippen LogP contribution in [0.3, 0.4) is 0 Å². The Morgan fingerprint density at radius 1 is 0.966 bits per heavy atom. The molecule has 0 aliphatic carbocycles. The monoisotopic (exact) mass is 406 g/mol. The van der Waals surface area contributed by atoms with Gasteiger partial charge in [0.1, 0.15) is 35.6 Å². The second-order valence-corrected chi connectivity index (χ2v) is 6.82. The van der Waals surface area contributed by atoms with Gasteiger partial charge in [0.25, 0.3) is 0 Å². The predicted molar refractivity (Wildman–Crippen MR) is 98.6 cm³/mol. The summed E-state index contributed by atoms with van der Waals surface area (Å²) in [5.74, 6) is -1.41. The van der Waals surface area contributed by atoms with Gasteiger partial charge in [-0.25, -0.2) is 4.79 Å². The molecule has 0 bridgehead atoms. The van der Waals surface area contributed by atoms with Crippen LogP contribution in [0.1, 0.15) is 11.1 Å². The number of hydrogen-bond acceptors (Lipinski definition) is 8. The number of aliphatic hydroxyl groups is 3. The van der Waals surface area contributed by atoms with Crippen molar-refractivity contribution in [3.8, 4) is 17.2 Å². The minimum absolute atomic E-state index is 0.0778. The van der Waals surface area contributed by atoms with Gasteiger partial charge in [0.2, 0.25) is 6.29 Å². The third kappa shape index (κ3) is 4.77. The number of aromatic hydroxyl groups is 2. The zero-order valence-corrected chi connectivity index (χ0v) is 15.3. The van der Waals surface area contributed by atoms with Gasteiger partial charge in [-0.1, -0.05) is 18.2 Å². The van der Waals surface area contributed by atoms with Crippen LogP contribution in [0, 0.1) is 0 Å². The van der Waals surface area contributed by atoms with Gasteiger partial charge in [0.15, 0.2) is 6.10 Å². The molecule has 0 saturated carbocycles. The lowest BCUT2D eigenvalue weighted by atomic mass is 9.99. The Kier molecular flexibility index (Phi) is 6.23. The third-order valence-corrected chi connectivity index (χ3v) is 4.69. The van der Waals surface area contributed by atoms with Crippen molar-refractivity contribution < 1.29 is 44.9 Å². The maximum Gasteiger partial charge on any atom is 0.335 e. The van der Waals surface area contributed by atoms with Crippen LogP contribution >= 0.6 is 0 Å². The van der Waals surface area contributed by atoms with Gasteiger partial charge in [-0.3, -0.25) is 0 Å². The Hall–Kier alpha value is -2.85. The summed E-state index contributed by atoms with van der Waals surface area (Å²) in [5.41, 5.74) is 1.38. The smallest absolute Gasteiger partial charge is 0.335 e. The van der Waals surface area contributed by atoms with E-state index >= 15 is 0 Å². The fourth-order valence-electron chi connectivity index (χ4n) is 3.14. The molecule has 1 aliphatic rings. The maximum absolute atomic E-state index is 11.2.